The molecule has 0 unspecified atom stereocenters. The number of hydrogen-bond donors (Lipinski definition) is 0. The molecule has 0 amide bonds. The van der Waals surface area contributed by atoms with Crippen molar-refractivity contribution in [3.05, 3.63) is 23.8 Å². The average molecular weight is 174 g/mol. The molecule has 0 saturated heterocycles. The van der Waals surface area contributed by atoms with Crippen LogP contribution in [0.25, 0.3) is 0 Å². The van der Waals surface area contributed by atoms with Crippen molar-refractivity contribution in [1.82, 2.24) is 0 Å². The normalized spacial score (nSPS) is 46.5. The molecule has 0 aromatic rings. The van der Waals surface area contributed by atoms with Crippen molar-refractivity contribution in [3.8, 4) is 0 Å². The van der Waals surface area contributed by atoms with Gasteiger partial charge in [0.05, 0.1) is 0 Å². The monoisotopic (exact) mass is 174 g/mol. The van der Waals surface area contributed by atoms with E-state index in [1.54, 1.807) is 0 Å². The summed E-state index contributed by atoms with van der Waals surface area (Å²) in [4.78, 5) is 11.5. The van der Waals surface area contributed by atoms with Gasteiger partial charge in [-0.1, -0.05) is 23.8 Å². The fraction of sp³-hybridized carbons (Fsp3) is 0.583. The highest BCUT2D eigenvalue weighted by molar-refractivity contribution is 5.93. The lowest BCUT2D eigenvalue weighted by molar-refractivity contribution is -0.141. The van der Waals surface area contributed by atoms with E-state index in [2.05, 4.69) is 25.2 Å². The largest absolute Gasteiger partial charge is 0.299 e. The number of allylic oxidation sites excluding steroid dienone is 4. The summed E-state index contributed by atoms with van der Waals surface area (Å²) in [5.41, 5.74) is 1.42. The minimum absolute atomic E-state index is 0.0716. The Labute approximate surface area is 78.5 Å². The molecule has 1 heteroatoms. The van der Waals surface area contributed by atoms with E-state index in [0.29, 0.717) is 17.6 Å². The third kappa shape index (κ3) is 0.800. The summed E-state index contributed by atoms with van der Waals surface area (Å²) < 4.78 is 0. The van der Waals surface area contributed by atoms with Crippen LogP contribution in [-0.4, -0.2) is 5.78 Å². The molecule has 13 heavy (non-hydrogen) atoms. The van der Waals surface area contributed by atoms with Crippen molar-refractivity contribution >= 4 is 5.78 Å². The molecule has 68 valence electrons. The molecule has 3 atom stereocenters. The van der Waals surface area contributed by atoms with E-state index in [1.165, 1.54) is 12.0 Å². The summed E-state index contributed by atoms with van der Waals surface area (Å²) in [5, 5.41) is 0. The van der Waals surface area contributed by atoms with E-state index in [0.717, 1.165) is 12.8 Å². The number of rotatable bonds is 0. The van der Waals surface area contributed by atoms with Crippen LogP contribution in [0.15, 0.2) is 23.8 Å². The number of Topliss-reactive ketones (excluding diaryl/α,β-unsaturated/α-hetero) is 1. The number of ketones is 1. The SMILES string of the molecule is C[C@@]12C=C3CC=C[C@H]3C[C@@H]1CC2=O. The Balaban J connectivity index is 2.02. The maximum atomic E-state index is 11.5. The lowest BCUT2D eigenvalue weighted by atomic mass is 9.54. The zero-order valence-corrected chi connectivity index (χ0v) is 7.92. The lowest BCUT2D eigenvalue weighted by Crippen LogP contribution is -2.49. The molecule has 1 saturated carbocycles. The fourth-order valence-corrected chi connectivity index (χ4v) is 3.01. The predicted octanol–water partition coefficient (Wildman–Crippen LogP) is 2.49. The molecular formula is C12H14O. The summed E-state index contributed by atoms with van der Waals surface area (Å²) in [6.45, 7) is 2.12. The van der Waals surface area contributed by atoms with Crippen LogP contribution in [0, 0.1) is 17.3 Å². The molecular weight excluding hydrogens is 160 g/mol. The van der Waals surface area contributed by atoms with Crippen LogP contribution in [0.1, 0.15) is 26.2 Å². The Morgan fingerprint density at radius 3 is 3.15 bits per heavy atom. The van der Waals surface area contributed by atoms with Gasteiger partial charge in [-0.05, 0) is 31.6 Å². The first-order chi connectivity index (χ1) is 6.20. The van der Waals surface area contributed by atoms with E-state index in [4.69, 9.17) is 0 Å². The van der Waals surface area contributed by atoms with Crippen LogP contribution in [0.5, 0.6) is 0 Å². The molecule has 0 radical (unpaired) electrons. The Bertz CT molecular complexity index is 337. The molecule has 3 aliphatic rings. The van der Waals surface area contributed by atoms with E-state index in [-0.39, 0.29) is 5.41 Å². The second kappa shape index (κ2) is 2.14. The Morgan fingerprint density at radius 1 is 1.54 bits per heavy atom. The lowest BCUT2D eigenvalue weighted by Gasteiger charge is -2.48. The summed E-state index contributed by atoms with van der Waals surface area (Å²) in [6.07, 6.45) is 9.94. The van der Waals surface area contributed by atoms with Gasteiger partial charge in [0, 0.05) is 11.8 Å². The standard InChI is InChI=1S/C12H14O/c1-12-7-9-4-2-3-8(9)5-10(12)6-11(12)13/h2-3,7-8,10H,4-6H2,1H3/t8-,10+,12+/m0/s1. The van der Waals surface area contributed by atoms with E-state index in [9.17, 15) is 4.79 Å². The van der Waals surface area contributed by atoms with Gasteiger partial charge in [0.1, 0.15) is 5.78 Å². The number of carbonyl (C=O) groups excluding carboxylic acids is 1. The molecule has 1 nitrogen and oxygen atoms in total. The Kier molecular flexibility index (Phi) is 1.24. The quantitative estimate of drug-likeness (QED) is 0.516. The van der Waals surface area contributed by atoms with Gasteiger partial charge in [-0.3, -0.25) is 4.79 Å². The van der Waals surface area contributed by atoms with Crippen molar-refractivity contribution in [2.24, 2.45) is 17.3 Å². The third-order valence-corrected chi connectivity index (χ3v) is 4.10. The Hall–Kier alpha value is -0.850. The van der Waals surface area contributed by atoms with E-state index >= 15 is 0 Å². The number of carbonyl (C=O) groups is 1. The van der Waals surface area contributed by atoms with Crippen molar-refractivity contribution in [2.45, 2.75) is 26.2 Å². The maximum Gasteiger partial charge on any atom is 0.143 e. The molecule has 1 fully saturated rings. The minimum atomic E-state index is -0.0716. The summed E-state index contributed by atoms with van der Waals surface area (Å²) in [6, 6.07) is 0. The highest BCUT2D eigenvalue weighted by Crippen LogP contribution is 2.54. The predicted molar refractivity (Wildman–Crippen MR) is 51.2 cm³/mol. The summed E-state index contributed by atoms with van der Waals surface area (Å²) >= 11 is 0. The minimum Gasteiger partial charge on any atom is -0.299 e. The van der Waals surface area contributed by atoms with E-state index < -0.39 is 0 Å². The molecule has 0 heterocycles. The second-order valence-electron chi connectivity index (χ2n) is 4.80. The first kappa shape index (κ1) is 7.54. The molecule has 0 aliphatic heterocycles. The fourth-order valence-electron chi connectivity index (χ4n) is 3.01. The van der Waals surface area contributed by atoms with Crippen LogP contribution in [0.2, 0.25) is 0 Å². The van der Waals surface area contributed by atoms with Gasteiger partial charge in [-0.15, -0.1) is 0 Å². The first-order valence-electron chi connectivity index (χ1n) is 5.12. The molecule has 0 bridgehead atoms. The smallest absolute Gasteiger partial charge is 0.143 e. The van der Waals surface area contributed by atoms with Gasteiger partial charge in [0.2, 0.25) is 0 Å². The molecule has 0 spiro atoms. The van der Waals surface area contributed by atoms with Crippen molar-refractivity contribution in [2.75, 3.05) is 0 Å². The van der Waals surface area contributed by atoms with Gasteiger partial charge >= 0.3 is 0 Å². The van der Waals surface area contributed by atoms with Crippen LogP contribution in [-0.2, 0) is 4.79 Å². The molecule has 0 aromatic heterocycles. The Morgan fingerprint density at radius 2 is 2.38 bits per heavy atom. The summed E-state index contributed by atoms with van der Waals surface area (Å²) in [5.74, 6) is 1.76. The van der Waals surface area contributed by atoms with Gasteiger partial charge < -0.3 is 0 Å². The van der Waals surface area contributed by atoms with Crippen LogP contribution < -0.4 is 0 Å². The average Bonchev–Trinajstić information content (AvgIpc) is 2.52. The van der Waals surface area contributed by atoms with Crippen molar-refractivity contribution in [1.29, 1.82) is 0 Å². The zero-order chi connectivity index (χ0) is 9.05. The van der Waals surface area contributed by atoms with Gasteiger partial charge in [0.15, 0.2) is 0 Å². The zero-order valence-electron chi connectivity index (χ0n) is 7.92. The highest BCUT2D eigenvalue weighted by atomic mass is 16.1. The highest BCUT2D eigenvalue weighted by Gasteiger charge is 2.52. The van der Waals surface area contributed by atoms with Gasteiger partial charge in [0.25, 0.3) is 0 Å². The van der Waals surface area contributed by atoms with Crippen LogP contribution in [0.3, 0.4) is 0 Å². The molecule has 3 aliphatic carbocycles. The van der Waals surface area contributed by atoms with Crippen LogP contribution >= 0.6 is 0 Å². The third-order valence-electron chi connectivity index (χ3n) is 4.10. The van der Waals surface area contributed by atoms with Gasteiger partial charge in [-0.2, -0.15) is 0 Å². The van der Waals surface area contributed by atoms with Crippen molar-refractivity contribution < 1.29 is 4.79 Å². The van der Waals surface area contributed by atoms with Crippen molar-refractivity contribution in [3.63, 3.8) is 0 Å². The van der Waals surface area contributed by atoms with Gasteiger partial charge in [-0.25, -0.2) is 0 Å². The molecule has 3 rings (SSSR count). The topological polar surface area (TPSA) is 17.1 Å². The molecule has 0 N–H and O–H groups in total. The number of fused-ring (bicyclic) bond motifs is 2. The maximum absolute atomic E-state index is 11.5. The van der Waals surface area contributed by atoms with Crippen LogP contribution in [0.4, 0.5) is 0 Å². The second-order valence-corrected chi connectivity index (χ2v) is 4.80. The first-order valence-corrected chi connectivity index (χ1v) is 5.12. The van der Waals surface area contributed by atoms with E-state index in [1.807, 2.05) is 0 Å². The summed E-state index contributed by atoms with van der Waals surface area (Å²) in [7, 11) is 0. The molecule has 0 aromatic carbocycles. The number of hydrogen-bond acceptors (Lipinski definition) is 1.